The third kappa shape index (κ3) is 2.62. The fourth-order valence-electron chi connectivity index (χ4n) is 3.57. The van der Waals surface area contributed by atoms with E-state index in [9.17, 15) is 20.0 Å². The molecule has 0 unspecified atom stereocenters. The Kier molecular flexibility index (Phi) is 4.10. The van der Waals surface area contributed by atoms with Gasteiger partial charge in [0.1, 0.15) is 17.2 Å². The first-order valence-corrected chi connectivity index (χ1v) is 8.91. The van der Waals surface area contributed by atoms with Gasteiger partial charge in [-0.15, -0.1) is 0 Å². The van der Waals surface area contributed by atoms with Gasteiger partial charge in [0.2, 0.25) is 5.43 Å². The Hall–Kier alpha value is -2.56. The summed E-state index contributed by atoms with van der Waals surface area (Å²) in [5.74, 6) is -1.27. The summed E-state index contributed by atoms with van der Waals surface area (Å²) in [6.07, 6.45) is 3.17. The lowest BCUT2D eigenvalue weighted by Gasteiger charge is -2.31. The van der Waals surface area contributed by atoms with Crippen LogP contribution in [-0.4, -0.2) is 41.8 Å². The second kappa shape index (κ2) is 6.31. The highest BCUT2D eigenvalue weighted by Gasteiger charge is 2.30. The number of pyridine rings is 1. The number of benzene rings is 1. The second-order valence-electron chi connectivity index (χ2n) is 6.64. The van der Waals surface area contributed by atoms with Gasteiger partial charge in [0, 0.05) is 43.8 Å². The van der Waals surface area contributed by atoms with E-state index in [0.717, 1.165) is 25.9 Å². The third-order valence-corrected chi connectivity index (χ3v) is 5.25. The number of carbonyl (C=O) groups is 1. The summed E-state index contributed by atoms with van der Waals surface area (Å²) in [5.41, 5.74) is 0.562. The molecule has 0 atom stereocenters. The van der Waals surface area contributed by atoms with E-state index in [4.69, 9.17) is 11.6 Å². The summed E-state index contributed by atoms with van der Waals surface area (Å²) in [7, 11) is 0. The minimum Gasteiger partial charge on any atom is -0.477 e. The molecule has 7 nitrogen and oxygen atoms in total. The molecule has 1 aromatic carbocycles. The van der Waals surface area contributed by atoms with Crippen molar-refractivity contribution in [2.75, 3.05) is 31.1 Å². The molecule has 2 heterocycles. The molecule has 0 bridgehead atoms. The molecule has 2 aliphatic rings. The fourth-order valence-corrected chi connectivity index (χ4v) is 3.90. The minimum atomic E-state index is -1.27. The molecule has 26 heavy (non-hydrogen) atoms. The topological polar surface area (TPSA) is 98.4 Å². The molecule has 0 radical (unpaired) electrons. The number of aromatic nitrogens is 1. The Labute approximate surface area is 154 Å². The number of rotatable bonds is 3. The van der Waals surface area contributed by atoms with E-state index < -0.39 is 11.4 Å². The number of aromatic carboxylic acids is 1. The Bertz CT molecular complexity index is 1010. The van der Waals surface area contributed by atoms with Crippen LogP contribution in [0.25, 0.3) is 10.9 Å². The van der Waals surface area contributed by atoms with E-state index in [2.05, 4.69) is 11.4 Å². The summed E-state index contributed by atoms with van der Waals surface area (Å²) in [5, 5.41) is 23.0. The Morgan fingerprint density at radius 1 is 1.35 bits per heavy atom. The number of anilines is 1. The number of hydrogen-bond acceptors (Lipinski definition) is 5. The number of hydrogen-bond donors (Lipinski definition) is 2. The third-order valence-electron chi connectivity index (χ3n) is 4.96. The van der Waals surface area contributed by atoms with Crippen molar-refractivity contribution in [1.29, 1.82) is 5.26 Å². The van der Waals surface area contributed by atoms with E-state index in [1.807, 2.05) is 4.90 Å². The predicted octanol–water partition coefficient (Wildman–Crippen LogP) is 1.97. The summed E-state index contributed by atoms with van der Waals surface area (Å²) in [6, 6.07) is 3.85. The van der Waals surface area contributed by atoms with E-state index >= 15 is 0 Å². The molecule has 1 saturated heterocycles. The van der Waals surface area contributed by atoms with Gasteiger partial charge in [0.15, 0.2) is 0 Å². The van der Waals surface area contributed by atoms with Gasteiger partial charge in [-0.1, -0.05) is 11.6 Å². The smallest absolute Gasteiger partial charge is 0.341 e. The molecule has 1 aliphatic heterocycles. The van der Waals surface area contributed by atoms with Crippen LogP contribution in [0.5, 0.6) is 0 Å². The first-order chi connectivity index (χ1) is 12.5. The molecule has 0 amide bonds. The van der Waals surface area contributed by atoms with Gasteiger partial charge in [-0.2, -0.15) is 5.26 Å². The van der Waals surface area contributed by atoms with E-state index in [1.54, 1.807) is 4.57 Å². The van der Waals surface area contributed by atoms with Crippen LogP contribution in [0.1, 0.15) is 34.8 Å². The maximum absolute atomic E-state index is 12.7. The highest BCUT2D eigenvalue weighted by molar-refractivity contribution is 6.34. The standard InChI is InChI=1S/C18H17ClN4O3/c19-14-7-11-15(12(8-20)16(14)22-5-3-21-4-6-22)23(10-1-2-10)9-13(17(11)24)18(25)26/h7,9-10,21H,1-6H2,(H,25,26). The quantitative estimate of drug-likeness (QED) is 0.854. The van der Waals surface area contributed by atoms with Crippen LogP contribution in [0.15, 0.2) is 17.1 Å². The molecule has 8 heteroatoms. The van der Waals surface area contributed by atoms with Crippen LogP contribution >= 0.6 is 11.6 Å². The Balaban J connectivity index is 2.08. The highest BCUT2D eigenvalue weighted by atomic mass is 35.5. The number of nitrogens with zero attached hydrogens (tertiary/aromatic N) is 3. The maximum Gasteiger partial charge on any atom is 0.341 e. The average Bonchev–Trinajstić information content (AvgIpc) is 3.47. The maximum atomic E-state index is 12.7. The predicted molar refractivity (Wildman–Crippen MR) is 98.2 cm³/mol. The molecule has 2 aromatic rings. The molecular weight excluding hydrogens is 356 g/mol. The van der Waals surface area contributed by atoms with Gasteiger partial charge < -0.3 is 19.9 Å². The Morgan fingerprint density at radius 3 is 2.62 bits per heavy atom. The first-order valence-electron chi connectivity index (χ1n) is 8.53. The van der Waals surface area contributed by atoms with E-state index in [1.165, 1.54) is 12.3 Å². The molecule has 0 spiro atoms. The number of nitrogens with one attached hydrogen (secondary N) is 1. The van der Waals surface area contributed by atoms with Crippen LogP contribution in [0.3, 0.4) is 0 Å². The second-order valence-corrected chi connectivity index (χ2v) is 7.05. The van der Waals surface area contributed by atoms with Crippen molar-refractivity contribution in [3.05, 3.63) is 38.6 Å². The molecule has 2 fully saturated rings. The SMILES string of the molecule is N#Cc1c(N2CCNCC2)c(Cl)cc2c(=O)c(C(=O)O)cn(C3CC3)c12. The summed E-state index contributed by atoms with van der Waals surface area (Å²) in [4.78, 5) is 26.2. The lowest BCUT2D eigenvalue weighted by Crippen LogP contribution is -2.44. The number of nitriles is 1. The van der Waals surface area contributed by atoms with Crippen LogP contribution in [0.4, 0.5) is 5.69 Å². The highest BCUT2D eigenvalue weighted by Crippen LogP contribution is 2.41. The summed E-state index contributed by atoms with van der Waals surface area (Å²) in [6.45, 7) is 2.99. The van der Waals surface area contributed by atoms with Gasteiger partial charge in [-0.25, -0.2) is 4.79 Å². The van der Waals surface area contributed by atoms with Crippen LogP contribution < -0.4 is 15.6 Å². The normalized spacial score (nSPS) is 17.3. The van der Waals surface area contributed by atoms with Crippen molar-refractivity contribution in [2.45, 2.75) is 18.9 Å². The number of carboxylic acid groups (broad SMARTS) is 1. The van der Waals surface area contributed by atoms with Crippen molar-refractivity contribution >= 4 is 34.2 Å². The minimum absolute atomic E-state index is 0.111. The molecule has 1 aromatic heterocycles. The summed E-state index contributed by atoms with van der Waals surface area (Å²) >= 11 is 6.46. The van der Waals surface area contributed by atoms with Crippen LogP contribution in [0.2, 0.25) is 5.02 Å². The zero-order valence-electron chi connectivity index (χ0n) is 14.0. The molecule has 1 aliphatic carbocycles. The zero-order valence-corrected chi connectivity index (χ0v) is 14.7. The van der Waals surface area contributed by atoms with E-state index in [0.29, 0.717) is 34.9 Å². The van der Waals surface area contributed by atoms with Gasteiger partial charge in [-0.05, 0) is 18.9 Å². The van der Waals surface area contributed by atoms with Gasteiger partial charge in [0.25, 0.3) is 0 Å². The van der Waals surface area contributed by atoms with Gasteiger partial charge >= 0.3 is 5.97 Å². The van der Waals surface area contributed by atoms with Crippen molar-refractivity contribution in [1.82, 2.24) is 9.88 Å². The van der Waals surface area contributed by atoms with Gasteiger partial charge in [0.05, 0.1) is 16.2 Å². The number of carboxylic acids is 1. The first kappa shape index (κ1) is 16.9. The molecule has 2 N–H and O–H groups in total. The zero-order chi connectivity index (χ0) is 18.4. The number of fused-ring (bicyclic) bond motifs is 1. The molecular formula is C18H17ClN4O3. The van der Waals surface area contributed by atoms with E-state index in [-0.39, 0.29) is 17.0 Å². The number of piperazine rings is 1. The van der Waals surface area contributed by atoms with Gasteiger partial charge in [-0.3, -0.25) is 4.79 Å². The lowest BCUT2D eigenvalue weighted by atomic mass is 10.0. The van der Waals surface area contributed by atoms with Crippen LogP contribution in [-0.2, 0) is 0 Å². The van der Waals surface area contributed by atoms with Crippen LogP contribution in [0, 0.1) is 11.3 Å². The molecule has 1 saturated carbocycles. The summed E-state index contributed by atoms with van der Waals surface area (Å²) < 4.78 is 1.78. The lowest BCUT2D eigenvalue weighted by molar-refractivity contribution is 0.0695. The van der Waals surface area contributed by atoms with Crippen molar-refractivity contribution in [3.63, 3.8) is 0 Å². The van der Waals surface area contributed by atoms with Crippen molar-refractivity contribution < 1.29 is 9.90 Å². The monoisotopic (exact) mass is 372 g/mol. The van der Waals surface area contributed by atoms with Crippen molar-refractivity contribution in [3.8, 4) is 6.07 Å². The number of halogens is 1. The fraction of sp³-hybridized carbons (Fsp3) is 0.389. The molecule has 4 rings (SSSR count). The molecule has 134 valence electrons. The Morgan fingerprint density at radius 2 is 2.04 bits per heavy atom. The average molecular weight is 373 g/mol. The largest absolute Gasteiger partial charge is 0.477 e. The van der Waals surface area contributed by atoms with Crippen molar-refractivity contribution in [2.24, 2.45) is 0 Å².